The average molecular weight is 274 g/mol. The third kappa shape index (κ3) is 3.21. The van der Waals surface area contributed by atoms with Crippen LogP contribution in [0.4, 0.5) is 0 Å². The molecule has 0 radical (unpaired) electrons. The smallest absolute Gasteiger partial charge is 0.0308 e. The van der Waals surface area contributed by atoms with Gasteiger partial charge in [-0.15, -0.1) is 29.3 Å². The van der Waals surface area contributed by atoms with Crippen molar-refractivity contribution in [2.45, 2.75) is 19.8 Å². The van der Waals surface area contributed by atoms with Crippen LogP contribution in [-0.4, -0.2) is 0 Å². The van der Waals surface area contributed by atoms with Crippen molar-refractivity contribution in [3.05, 3.63) is 57.4 Å². The molecule has 0 aliphatic carbocycles. The van der Waals surface area contributed by atoms with E-state index in [1.54, 1.807) is 11.3 Å². The van der Waals surface area contributed by atoms with E-state index in [0.717, 1.165) is 0 Å². The molecule has 94 valence electrons. The number of hydrogen-bond acceptors (Lipinski definition) is 2. The van der Waals surface area contributed by atoms with E-state index >= 15 is 0 Å². The monoisotopic (exact) mass is 274 g/mol. The van der Waals surface area contributed by atoms with E-state index in [2.05, 4.69) is 60.7 Å². The van der Waals surface area contributed by atoms with Crippen LogP contribution in [0.3, 0.4) is 0 Å². The van der Waals surface area contributed by atoms with Gasteiger partial charge in [-0.2, -0.15) is 0 Å². The molecule has 2 aromatic heterocycles. The molecule has 0 saturated carbocycles. The van der Waals surface area contributed by atoms with Gasteiger partial charge in [0.2, 0.25) is 0 Å². The highest BCUT2D eigenvalue weighted by Crippen LogP contribution is 2.33. The van der Waals surface area contributed by atoms with Crippen LogP contribution in [-0.2, 0) is 0 Å². The Labute approximate surface area is 117 Å². The van der Waals surface area contributed by atoms with Gasteiger partial charge < -0.3 is 0 Å². The molecule has 0 aromatic carbocycles. The summed E-state index contributed by atoms with van der Waals surface area (Å²) in [7, 11) is 0. The quantitative estimate of drug-likeness (QED) is 0.571. The van der Waals surface area contributed by atoms with E-state index in [1.165, 1.54) is 28.2 Å². The highest BCUT2D eigenvalue weighted by molar-refractivity contribution is 7.12. The molecule has 18 heavy (non-hydrogen) atoms. The van der Waals surface area contributed by atoms with Gasteiger partial charge in [-0.25, -0.2) is 0 Å². The molecule has 0 nitrogen and oxygen atoms in total. The lowest BCUT2D eigenvalue weighted by molar-refractivity contribution is 0.709. The van der Waals surface area contributed by atoms with Crippen molar-refractivity contribution >= 4 is 34.3 Å². The predicted octanol–water partition coefficient (Wildman–Crippen LogP) is 5.95. The van der Waals surface area contributed by atoms with Gasteiger partial charge in [0.15, 0.2) is 0 Å². The molecular formula is C16H18S2. The van der Waals surface area contributed by atoms with Gasteiger partial charge in [0.05, 0.1) is 0 Å². The Morgan fingerprint density at radius 1 is 1.28 bits per heavy atom. The second-order valence-electron chi connectivity index (χ2n) is 4.22. The van der Waals surface area contributed by atoms with Crippen molar-refractivity contribution in [3.8, 4) is 0 Å². The molecular weight excluding hydrogens is 256 g/mol. The van der Waals surface area contributed by atoms with Crippen LogP contribution in [0, 0.1) is 5.92 Å². The molecule has 2 rings (SSSR count). The Kier molecular flexibility index (Phi) is 4.97. The first-order chi connectivity index (χ1) is 8.85. The standard InChI is InChI=1S/C16H18S2/c1-3-7-13(4-2)15(16-9-6-11-18-16)12-14-8-5-10-17-14/h4-6,8-13H,2-3,7H2,1H3/b15-12-/t13-/m1/s1. The Morgan fingerprint density at radius 3 is 2.61 bits per heavy atom. The normalized spacial score (nSPS) is 13.5. The number of hydrogen-bond donors (Lipinski definition) is 0. The maximum Gasteiger partial charge on any atom is 0.0308 e. The average Bonchev–Trinajstić information content (AvgIpc) is 3.05. The van der Waals surface area contributed by atoms with Crippen LogP contribution in [0.2, 0.25) is 0 Å². The van der Waals surface area contributed by atoms with E-state index < -0.39 is 0 Å². The van der Waals surface area contributed by atoms with Crippen LogP contribution in [0.5, 0.6) is 0 Å². The van der Waals surface area contributed by atoms with Crippen LogP contribution in [0.15, 0.2) is 47.7 Å². The van der Waals surface area contributed by atoms with Crippen molar-refractivity contribution in [2.24, 2.45) is 5.92 Å². The molecule has 2 aromatic rings. The summed E-state index contributed by atoms with van der Waals surface area (Å²) >= 11 is 3.60. The molecule has 0 unspecified atom stereocenters. The molecule has 0 aliphatic rings. The fourth-order valence-corrected chi connectivity index (χ4v) is 3.52. The molecule has 1 atom stereocenters. The summed E-state index contributed by atoms with van der Waals surface area (Å²) in [6.45, 7) is 6.24. The molecule has 0 spiro atoms. The molecule has 2 heterocycles. The minimum absolute atomic E-state index is 0.454. The zero-order valence-corrected chi connectivity index (χ0v) is 12.3. The van der Waals surface area contributed by atoms with Gasteiger partial charge in [-0.05, 0) is 41.0 Å². The van der Waals surface area contributed by atoms with Gasteiger partial charge in [0, 0.05) is 15.7 Å². The fourth-order valence-electron chi connectivity index (χ4n) is 2.04. The zero-order chi connectivity index (χ0) is 12.8. The lowest BCUT2D eigenvalue weighted by Gasteiger charge is -2.15. The number of allylic oxidation sites excluding steroid dienone is 2. The summed E-state index contributed by atoms with van der Waals surface area (Å²) in [4.78, 5) is 2.68. The van der Waals surface area contributed by atoms with E-state index in [4.69, 9.17) is 0 Å². The zero-order valence-electron chi connectivity index (χ0n) is 10.6. The predicted molar refractivity (Wildman–Crippen MR) is 85.1 cm³/mol. The minimum Gasteiger partial charge on any atom is -0.144 e. The van der Waals surface area contributed by atoms with Crippen molar-refractivity contribution in [1.82, 2.24) is 0 Å². The topological polar surface area (TPSA) is 0 Å². The van der Waals surface area contributed by atoms with Crippen LogP contribution in [0.1, 0.15) is 29.5 Å². The Hall–Kier alpha value is -1.12. The van der Waals surface area contributed by atoms with Crippen LogP contribution < -0.4 is 0 Å². The van der Waals surface area contributed by atoms with E-state index in [1.807, 2.05) is 11.3 Å². The Bertz CT molecular complexity index is 489. The number of rotatable bonds is 6. The maximum atomic E-state index is 4.01. The number of thiophene rings is 2. The second kappa shape index (κ2) is 6.72. The summed E-state index contributed by atoms with van der Waals surface area (Å²) in [5, 5.41) is 4.27. The summed E-state index contributed by atoms with van der Waals surface area (Å²) in [5.74, 6) is 0.454. The van der Waals surface area contributed by atoms with E-state index in [-0.39, 0.29) is 0 Å². The van der Waals surface area contributed by atoms with Gasteiger partial charge in [-0.1, -0.05) is 31.6 Å². The molecule has 0 aliphatic heterocycles. The van der Waals surface area contributed by atoms with Crippen LogP contribution in [0.25, 0.3) is 11.6 Å². The molecule has 0 N–H and O–H groups in total. The summed E-state index contributed by atoms with van der Waals surface area (Å²) in [6.07, 6.45) is 6.75. The summed E-state index contributed by atoms with van der Waals surface area (Å²) in [6, 6.07) is 8.60. The molecule has 0 bridgehead atoms. The van der Waals surface area contributed by atoms with E-state index in [9.17, 15) is 0 Å². The maximum absolute atomic E-state index is 4.01. The Morgan fingerprint density at radius 2 is 2.06 bits per heavy atom. The lowest BCUT2D eigenvalue weighted by Crippen LogP contribution is -1.98. The highest BCUT2D eigenvalue weighted by atomic mass is 32.1. The largest absolute Gasteiger partial charge is 0.144 e. The SMILES string of the molecule is C=C[C@H](CCC)/C(=C/c1cccs1)c1cccs1. The van der Waals surface area contributed by atoms with Crippen molar-refractivity contribution < 1.29 is 0 Å². The van der Waals surface area contributed by atoms with Gasteiger partial charge in [-0.3, -0.25) is 0 Å². The second-order valence-corrected chi connectivity index (χ2v) is 6.15. The molecule has 0 amide bonds. The summed E-state index contributed by atoms with van der Waals surface area (Å²) < 4.78 is 0. The third-order valence-electron chi connectivity index (χ3n) is 2.93. The van der Waals surface area contributed by atoms with Crippen molar-refractivity contribution in [1.29, 1.82) is 0 Å². The first-order valence-electron chi connectivity index (χ1n) is 6.26. The lowest BCUT2D eigenvalue weighted by atomic mass is 9.92. The third-order valence-corrected chi connectivity index (χ3v) is 4.67. The van der Waals surface area contributed by atoms with Crippen molar-refractivity contribution in [2.75, 3.05) is 0 Å². The van der Waals surface area contributed by atoms with Crippen LogP contribution >= 0.6 is 22.7 Å². The summed E-state index contributed by atoms with van der Waals surface area (Å²) in [5.41, 5.74) is 1.41. The highest BCUT2D eigenvalue weighted by Gasteiger charge is 2.13. The first-order valence-corrected chi connectivity index (χ1v) is 8.02. The molecule has 2 heteroatoms. The fraction of sp³-hybridized carbons (Fsp3) is 0.250. The Balaban J connectivity index is 2.37. The van der Waals surface area contributed by atoms with E-state index in [0.29, 0.717) is 5.92 Å². The molecule has 0 saturated heterocycles. The molecule has 0 fully saturated rings. The van der Waals surface area contributed by atoms with Gasteiger partial charge >= 0.3 is 0 Å². The first kappa shape index (κ1) is 13.3. The van der Waals surface area contributed by atoms with Gasteiger partial charge in [0.25, 0.3) is 0 Å². The minimum atomic E-state index is 0.454. The van der Waals surface area contributed by atoms with Gasteiger partial charge in [0.1, 0.15) is 0 Å². The van der Waals surface area contributed by atoms with Crippen molar-refractivity contribution in [3.63, 3.8) is 0 Å².